The number of thiol groups is 1. The van der Waals surface area contributed by atoms with E-state index in [0.717, 1.165) is 0 Å². The second-order valence-corrected chi connectivity index (χ2v) is 4.73. The van der Waals surface area contributed by atoms with Gasteiger partial charge in [-0.3, -0.25) is 4.79 Å². The van der Waals surface area contributed by atoms with Gasteiger partial charge in [-0.1, -0.05) is 3.34 Å². The Balaban J connectivity index is 4.49. The third-order valence-electron chi connectivity index (χ3n) is 1.10. The zero-order chi connectivity index (χ0) is 9.23. The van der Waals surface area contributed by atoms with Crippen molar-refractivity contribution in [2.75, 3.05) is 0 Å². The smallest absolute Gasteiger partial charge is 0.325 e. The fourth-order valence-corrected chi connectivity index (χ4v) is 1.99. The molecule has 0 aliphatic carbocycles. The van der Waals surface area contributed by atoms with Crippen molar-refractivity contribution < 1.29 is 14.4 Å². The van der Waals surface area contributed by atoms with E-state index in [0.29, 0.717) is 0 Å². The summed E-state index contributed by atoms with van der Waals surface area (Å²) in [7, 11) is 0. The van der Waals surface area contributed by atoms with Gasteiger partial charge in [0.2, 0.25) is 0 Å². The van der Waals surface area contributed by atoms with Gasteiger partial charge >= 0.3 is 5.97 Å². The summed E-state index contributed by atoms with van der Waals surface area (Å²) in [6, 6.07) is -1.23. The number of carboxylic acid groups (broad SMARTS) is 1. The van der Waals surface area contributed by atoms with Crippen LogP contribution in [0.15, 0.2) is 0 Å². The summed E-state index contributed by atoms with van der Waals surface area (Å²) >= 11 is 5.24. The van der Waals surface area contributed by atoms with Gasteiger partial charge in [0.05, 0.1) is 22.9 Å². The summed E-state index contributed by atoms with van der Waals surface area (Å²) in [5, 5.41) is 8.54. The van der Waals surface area contributed by atoms with Crippen LogP contribution in [-0.2, 0) is 4.79 Å². The van der Waals surface area contributed by atoms with Crippen molar-refractivity contribution >= 4 is 41.5 Å². The molecule has 0 spiro atoms. The first-order chi connectivity index (χ1) is 4.76. The van der Waals surface area contributed by atoms with E-state index in [1.807, 2.05) is 0 Å². The molecule has 0 rings (SSSR count). The number of nitrogens with zero attached hydrogens (tertiary/aromatic N) is 1. The highest BCUT2D eigenvalue weighted by Crippen LogP contribution is 2.25. The lowest BCUT2D eigenvalue weighted by atomic mass is 10.1. The molecule has 0 unspecified atom stereocenters. The van der Waals surface area contributed by atoms with Crippen molar-refractivity contribution in [3.05, 3.63) is 0 Å². The van der Waals surface area contributed by atoms with Crippen molar-refractivity contribution in [2.45, 2.75) is 24.6 Å². The van der Waals surface area contributed by atoms with Crippen LogP contribution in [0, 0.1) is 0 Å². The first kappa shape index (κ1) is 11.4. The topological polar surface area (TPSA) is 40.5 Å². The Morgan fingerprint density at radius 3 is 2.18 bits per heavy atom. The minimum atomic E-state index is -1.23. The first-order valence-corrected chi connectivity index (χ1v) is 4.24. The van der Waals surface area contributed by atoms with E-state index >= 15 is 0 Å². The predicted molar refractivity (Wildman–Crippen MR) is 51.5 cm³/mol. The molecule has 0 amide bonds. The molecule has 0 saturated heterocycles. The van der Waals surface area contributed by atoms with Crippen molar-refractivity contribution in [1.29, 1.82) is 0 Å². The molecule has 0 saturated carbocycles. The molecule has 0 aliphatic heterocycles. The van der Waals surface area contributed by atoms with Gasteiger partial charge in [-0.25, -0.2) is 0 Å². The lowest BCUT2D eigenvalue weighted by Crippen LogP contribution is -2.44. The largest absolute Gasteiger partial charge is 0.480 e. The molecule has 0 heterocycles. The highest BCUT2D eigenvalue weighted by molar-refractivity contribution is 14.1. The van der Waals surface area contributed by atoms with Crippen LogP contribution in [0.25, 0.3) is 0 Å². The van der Waals surface area contributed by atoms with Gasteiger partial charge < -0.3 is 5.11 Å². The number of halogens is 2. The monoisotopic (exact) mass is 293 g/mol. The van der Waals surface area contributed by atoms with Crippen LogP contribution >= 0.6 is 35.5 Å². The van der Waals surface area contributed by atoms with Gasteiger partial charge in [0.15, 0.2) is 6.04 Å². The SMILES string of the molecule is CC(C)(S)[C@@H](C(=O)O)N(F)I. The van der Waals surface area contributed by atoms with Gasteiger partial charge in [0.1, 0.15) is 0 Å². The Kier molecular flexibility index (Phi) is 4.06. The average molecular weight is 293 g/mol. The predicted octanol–water partition coefficient (Wildman–Crippen LogP) is 1.68. The van der Waals surface area contributed by atoms with E-state index in [-0.39, 0.29) is 3.34 Å². The van der Waals surface area contributed by atoms with Gasteiger partial charge in [0.25, 0.3) is 0 Å². The number of carbonyl (C=O) groups is 1. The lowest BCUT2D eigenvalue weighted by Gasteiger charge is -2.26. The van der Waals surface area contributed by atoms with Crippen LogP contribution in [-0.4, -0.2) is 25.2 Å². The summed E-state index contributed by atoms with van der Waals surface area (Å²) in [5.41, 5.74) is 0. The molecule has 66 valence electrons. The standard InChI is InChI=1S/C5H9FINO2S/c1-5(2,11)3(4(9)10)8(6)7/h3,11H,1-2H3,(H,9,10)/t3-/m1/s1. The van der Waals surface area contributed by atoms with Crippen molar-refractivity contribution in [2.24, 2.45) is 0 Å². The van der Waals surface area contributed by atoms with E-state index in [4.69, 9.17) is 5.11 Å². The molecule has 6 heteroatoms. The van der Waals surface area contributed by atoms with Crippen LogP contribution in [0.1, 0.15) is 13.8 Å². The quantitative estimate of drug-likeness (QED) is 0.472. The number of hydrogen-bond donors (Lipinski definition) is 2. The number of aliphatic carboxylic acids is 1. The minimum Gasteiger partial charge on any atom is -0.480 e. The summed E-state index contributed by atoms with van der Waals surface area (Å²) in [4.78, 5) is 10.5. The van der Waals surface area contributed by atoms with Gasteiger partial charge in [-0.15, -0.1) is 4.48 Å². The molecule has 0 fully saturated rings. The van der Waals surface area contributed by atoms with Crippen LogP contribution in [0.3, 0.4) is 0 Å². The molecular formula is C5H9FINO2S. The minimum absolute atomic E-state index is 0.118. The molecule has 1 N–H and O–H groups in total. The fourth-order valence-electron chi connectivity index (χ4n) is 0.624. The highest BCUT2D eigenvalue weighted by atomic mass is 127. The Morgan fingerprint density at radius 2 is 2.18 bits per heavy atom. The fraction of sp³-hybridized carbons (Fsp3) is 0.800. The first-order valence-electron chi connectivity index (χ1n) is 2.82. The second-order valence-electron chi connectivity index (χ2n) is 2.65. The molecular weight excluding hydrogens is 284 g/mol. The van der Waals surface area contributed by atoms with Gasteiger partial charge in [-0.2, -0.15) is 12.6 Å². The third-order valence-corrected chi connectivity index (χ3v) is 1.90. The molecule has 1 atom stereocenters. The zero-order valence-electron chi connectivity index (χ0n) is 6.08. The summed E-state index contributed by atoms with van der Waals surface area (Å²) < 4.78 is 11.7. The lowest BCUT2D eigenvalue weighted by molar-refractivity contribution is -0.145. The maximum Gasteiger partial charge on any atom is 0.325 e. The van der Waals surface area contributed by atoms with Gasteiger partial charge in [0, 0.05) is 4.75 Å². The molecule has 11 heavy (non-hydrogen) atoms. The number of hydrogen-bond acceptors (Lipinski definition) is 3. The number of rotatable bonds is 3. The van der Waals surface area contributed by atoms with E-state index in [1.165, 1.54) is 22.9 Å². The van der Waals surface area contributed by atoms with E-state index in [2.05, 4.69) is 12.6 Å². The van der Waals surface area contributed by atoms with Crippen LogP contribution < -0.4 is 0 Å². The molecule has 0 aromatic rings. The van der Waals surface area contributed by atoms with Crippen molar-refractivity contribution in [3.63, 3.8) is 0 Å². The Labute approximate surface area is 83.8 Å². The normalized spacial score (nSPS) is 15.1. The van der Waals surface area contributed by atoms with Crippen LogP contribution in [0.4, 0.5) is 4.48 Å². The zero-order valence-corrected chi connectivity index (χ0v) is 9.14. The van der Waals surface area contributed by atoms with Crippen molar-refractivity contribution in [3.8, 4) is 0 Å². The maximum atomic E-state index is 12.5. The average Bonchev–Trinajstić information content (AvgIpc) is 1.54. The molecule has 0 aromatic carbocycles. The van der Waals surface area contributed by atoms with E-state index in [1.54, 1.807) is 13.8 Å². The maximum absolute atomic E-state index is 12.5. The summed E-state index contributed by atoms with van der Waals surface area (Å²) in [5.74, 6) is -1.22. The molecule has 3 nitrogen and oxygen atoms in total. The molecule has 0 radical (unpaired) electrons. The second kappa shape index (κ2) is 3.90. The molecule has 0 bridgehead atoms. The van der Waals surface area contributed by atoms with Crippen LogP contribution in [0.5, 0.6) is 0 Å². The van der Waals surface area contributed by atoms with E-state index < -0.39 is 16.8 Å². The molecule has 0 aliphatic rings. The highest BCUT2D eigenvalue weighted by Gasteiger charge is 2.37. The van der Waals surface area contributed by atoms with Gasteiger partial charge in [-0.05, 0) is 13.8 Å². The third kappa shape index (κ3) is 3.57. The van der Waals surface area contributed by atoms with Crippen molar-refractivity contribution in [1.82, 2.24) is 3.34 Å². The van der Waals surface area contributed by atoms with Crippen LogP contribution in [0.2, 0.25) is 0 Å². The number of carboxylic acids is 1. The molecule has 0 aromatic heterocycles. The Hall–Kier alpha value is 0.440. The Morgan fingerprint density at radius 1 is 1.82 bits per heavy atom. The summed E-state index contributed by atoms with van der Waals surface area (Å²) in [6.45, 7) is 3.08. The Bertz CT molecular complexity index is 159. The van der Waals surface area contributed by atoms with E-state index in [9.17, 15) is 9.28 Å². The summed E-state index contributed by atoms with van der Waals surface area (Å²) in [6.07, 6.45) is 0.